The predicted molar refractivity (Wildman–Crippen MR) is 81.6 cm³/mol. The fourth-order valence-corrected chi connectivity index (χ4v) is 4.16. The molecule has 21 heavy (non-hydrogen) atoms. The fraction of sp³-hybridized carbons (Fsp3) is 0.647. The number of halogens is 1. The third kappa shape index (κ3) is 3.12. The van der Waals surface area contributed by atoms with Crippen molar-refractivity contribution >= 4 is 0 Å². The van der Waals surface area contributed by atoms with E-state index in [1.165, 1.54) is 18.5 Å². The number of benzene rings is 1. The molecule has 0 bridgehead atoms. The van der Waals surface area contributed by atoms with Crippen LogP contribution in [0.2, 0.25) is 0 Å². The molecule has 2 aliphatic heterocycles. The lowest BCUT2D eigenvalue weighted by molar-refractivity contribution is 0.0959. The van der Waals surface area contributed by atoms with Gasteiger partial charge in [0.2, 0.25) is 0 Å². The Labute approximate surface area is 126 Å². The van der Waals surface area contributed by atoms with E-state index in [2.05, 4.69) is 16.8 Å². The van der Waals surface area contributed by atoms with Gasteiger partial charge in [0.05, 0.1) is 6.61 Å². The minimum Gasteiger partial charge on any atom is -0.384 e. The zero-order valence-electron chi connectivity index (χ0n) is 13.0. The molecule has 0 aromatic heterocycles. The summed E-state index contributed by atoms with van der Waals surface area (Å²) in [6, 6.07) is 6.90. The summed E-state index contributed by atoms with van der Waals surface area (Å²) in [5.74, 6) is 0.472. The fourth-order valence-electron chi connectivity index (χ4n) is 4.16. The molecule has 0 aliphatic carbocycles. The average Bonchev–Trinajstić information content (AvgIpc) is 2.98. The normalized spacial score (nSPS) is 30.5. The van der Waals surface area contributed by atoms with Gasteiger partial charge >= 0.3 is 0 Å². The molecule has 0 unspecified atom stereocenters. The topological polar surface area (TPSA) is 15.7 Å². The molecule has 2 aliphatic rings. The number of nitrogens with zero attached hydrogens (tertiary/aromatic N) is 2. The summed E-state index contributed by atoms with van der Waals surface area (Å²) >= 11 is 0. The summed E-state index contributed by atoms with van der Waals surface area (Å²) in [7, 11) is 4.01. The summed E-state index contributed by atoms with van der Waals surface area (Å²) in [4.78, 5) is 4.94. The van der Waals surface area contributed by atoms with Gasteiger partial charge in [-0.1, -0.05) is 12.1 Å². The van der Waals surface area contributed by atoms with Crippen LogP contribution >= 0.6 is 0 Å². The first kappa shape index (κ1) is 14.9. The van der Waals surface area contributed by atoms with Gasteiger partial charge in [-0.05, 0) is 37.7 Å². The van der Waals surface area contributed by atoms with Crippen LogP contribution in [-0.4, -0.2) is 56.7 Å². The highest BCUT2D eigenvalue weighted by Crippen LogP contribution is 2.43. The van der Waals surface area contributed by atoms with E-state index in [9.17, 15) is 4.39 Å². The SMILES string of the molecule is COC[C@H]1CN(C)C[C@@]12CCN(Cc1ccc(F)cc1)C2. The second-order valence-electron chi connectivity index (χ2n) is 6.80. The number of methoxy groups -OCH3 is 1. The molecule has 0 N–H and O–H groups in total. The Kier molecular flexibility index (Phi) is 4.29. The van der Waals surface area contributed by atoms with E-state index in [-0.39, 0.29) is 5.82 Å². The monoisotopic (exact) mass is 292 g/mol. The largest absolute Gasteiger partial charge is 0.384 e. The first-order valence-electron chi connectivity index (χ1n) is 7.76. The summed E-state index contributed by atoms with van der Waals surface area (Å²) in [6.45, 7) is 6.34. The zero-order chi connectivity index (χ0) is 14.9. The Bertz CT molecular complexity index is 478. The quantitative estimate of drug-likeness (QED) is 0.846. The molecule has 0 amide bonds. The third-order valence-corrected chi connectivity index (χ3v) is 5.13. The molecule has 3 rings (SSSR count). The maximum atomic E-state index is 13.0. The van der Waals surface area contributed by atoms with Crippen LogP contribution in [0.15, 0.2) is 24.3 Å². The van der Waals surface area contributed by atoms with Gasteiger partial charge < -0.3 is 9.64 Å². The van der Waals surface area contributed by atoms with Crippen molar-refractivity contribution in [2.45, 2.75) is 13.0 Å². The van der Waals surface area contributed by atoms with E-state index >= 15 is 0 Å². The molecular formula is C17H25FN2O. The van der Waals surface area contributed by atoms with Gasteiger partial charge in [-0.2, -0.15) is 0 Å². The Morgan fingerprint density at radius 2 is 2.05 bits per heavy atom. The molecule has 3 nitrogen and oxygen atoms in total. The van der Waals surface area contributed by atoms with Crippen molar-refractivity contribution in [2.24, 2.45) is 11.3 Å². The van der Waals surface area contributed by atoms with E-state index in [1.54, 1.807) is 19.2 Å². The van der Waals surface area contributed by atoms with E-state index < -0.39 is 0 Å². The smallest absolute Gasteiger partial charge is 0.123 e. The van der Waals surface area contributed by atoms with E-state index in [1.807, 2.05) is 12.1 Å². The Hall–Kier alpha value is -0.970. The molecule has 1 aromatic rings. The summed E-state index contributed by atoms with van der Waals surface area (Å²) in [5, 5.41) is 0. The van der Waals surface area contributed by atoms with Crippen LogP contribution in [0.3, 0.4) is 0 Å². The minimum atomic E-state index is -0.158. The lowest BCUT2D eigenvalue weighted by Gasteiger charge is -2.30. The van der Waals surface area contributed by atoms with Crippen molar-refractivity contribution in [3.05, 3.63) is 35.6 Å². The van der Waals surface area contributed by atoms with Gasteiger partial charge in [-0.15, -0.1) is 0 Å². The lowest BCUT2D eigenvalue weighted by atomic mass is 9.77. The standard InChI is InChI=1S/C17H25FN2O/c1-19-10-15(11-21-2)17(12-19)7-8-20(13-17)9-14-3-5-16(18)6-4-14/h3-6,15H,7-13H2,1-2H3/t15-,17-/m1/s1. The highest BCUT2D eigenvalue weighted by molar-refractivity contribution is 5.16. The van der Waals surface area contributed by atoms with Gasteiger partial charge in [0.15, 0.2) is 0 Å². The van der Waals surface area contributed by atoms with E-state index in [0.29, 0.717) is 11.3 Å². The lowest BCUT2D eigenvalue weighted by Crippen LogP contribution is -2.36. The maximum absolute atomic E-state index is 13.0. The van der Waals surface area contributed by atoms with Gasteiger partial charge in [0, 0.05) is 44.6 Å². The number of hydrogen-bond donors (Lipinski definition) is 0. The molecule has 0 saturated carbocycles. The number of hydrogen-bond acceptors (Lipinski definition) is 3. The average molecular weight is 292 g/mol. The van der Waals surface area contributed by atoms with Crippen LogP contribution in [-0.2, 0) is 11.3 Å². The van der Waals surface area contributed by atoms with Crippen molar-refractivity contribution in [1.29, 1.82) is 0 Å². The predicted octanol–water partition coefficient (Wildman–Crippen LogP) is 2.23. The first-order valence-corrected chi connectivity index (χ1v) is 7.76. The summed E-state index contributed by atoms with van der Waals surface area (Å²) in [6.07, 6.45) is 1.24. The van der Waals surface area contributed by atoms with Crippen LogP contribution < -0.4 is 0 Å². The molecule has 1 aromatic carbocycles. The maximum Gasteiger partial charge on any atom is 0.123 e. The Morgan fingerprint density at radius 1 is 1.29 bits per heavy atom. The number of rotatable bonds is 4. The minimum absolute atomic E-state index is 0.158. The highest BCUT2D eigenvalue weighted by atomic mass is 19.1. The summed E-state index contributed by atoms with van der Waals surface area (Å²) < 4.78 is 18.4. The molecule has 1 spiro atoms. The Balaban J connectivity index is 1.65. The second-order valence-corrected chi connectivity index (χ2v) is 6.80. The first-order chi connectivity index (χ1) is 10.1. The van der Waals surface area contributed by atoms with Crippen molar-refractivity contribution in [3.63, 3.8) is 0 Å². The van der Waals surface area contributed by atoms with Crippen molar-refractivity contribution in [1.82, 2.24) is 9.80 Å². The molecule has 2 atom stereocenters. The summed E-state index contributed by atoms with van der Waals surface area (Å²) in [5.41, 5.74) is 1.58. The van der Waals surface area contributed by atoms with Crippen LogP contribution in [0, 0.1) is 17.2 Å². The second kappa shape index (κ2) is 6.03. The molecular weight excluding hydrogens is 267 g/mol. The van der Waals surface area contributed by atoms with Gasteiger partial charge in [0.25, 0.3) is 0 Å². The molecule has 2 saturated heterocycles. The third-order valence-electron chi connectivity index (χ3n) is 5.13. The van der Waals surface area contributed by atoms with Gasteiger partial charge in [0.1, 0.15) is 5.82 Å². The molecule has 4 heteroatoms. The molecule has 116 valence electrons. The van der Waals surface area contributed by atoms with Crippen molar-refractivity contribution in [2.75, 3.05) is 46.9 Å². The van der Waals surface area contributed by atoms with Crippen molar-refractivity contribution in [3.8, 4) is 0 Å². The van der Waals surface area contributed by atoms with Crippen molar-refractivity contribution < 1.29 is 9.13 Å². The van der Waals surface area contributed by atoms with Crippen LogP contribution in [0.1, 0.15) is 12.0 Å². The molecule has 2 heterocycles. The van der Waals surface area contributed by atoms with Crippen LogP contribution in [0.25, 0.3) is 0 Å². The number of ether oxygens (including phenoxy) is 1. The zero-order valence-corrected chi connectivity index (χ0v) is 13.0. The number of likely N-dealkylation sites (tertiary alicyclic amines) is 2. The van der Waals surface area contributed by atoms with Gasteiger partial charge in [-0.25, -0.2) is 4.39 Å². The van der Waals surface area contributed by atoms with Crippen LogP contribution in [0.4, 0.5) is 4.39 Å². The Morgan fingerprint density at radius 3 is 2.76 bits per heavy atom. The van der Waals surface area contributed by atoms with E-state index in [4.69, 9.17) is 4.74 Å². The molecule has 0 radical (unpaired) electrons. The highest BCUT2D eigenvalue weighted by Gasteiger charge is 2.49. The van der Waals surface area contributed by atoms with Crippen LogP contribution in [0.5, 0.6) is 0 Å². The molecule has 2 fully saturated rings. The van der Waals surface area contributed by atoms with Gasteiger partial charge in [-0.3, -0.25) is 4.90 Å². The van der Waals surface area contributed by atoms with E-state index in [0.717, 1.165) is 32.8 Å².